The van der Waals surface area contributed by atoms with Crippen LogP contribution in [0.1, 0.15) is 64.7 Å². The molecule has 5 fully saturated rings. The Labute approximate surface area is 117 Å². The van der Waals surface area contributed by atoms with Gasteiger partial charge in [-0.1, -0.05) is 6.42 Å². The van der Waals surface area contributed by atoms with Crippen molar-refractivity contribution in [3.8, 4) is 0 Å². The van der Waals surface area contributed by atoms with Gasteiger partial charge >= 0.3 is 0 Å². The highest BCUT2D eigenvalue weighted by Crippen LogP contribution is 2.63. The molecule has 0 heterocycles. The van der Waals surface area contributed by atoms with Crippen molar-refractivity contribution >= 4 is 0 Å². The van der Waals surface area contributed by atoms with Crippen molar-refractivity contribution in [2.45, 2.75) is 76.4 Å². The zero-order valence-electron chi connectivity index (χ0n) is 12.3. The second kappa shape index (κ2) is 4.21. The Bertz CT molecular complexity index is 323. The summed E-state index contributed by atoms with van der Waals surface area (Å²) in [4.78, 5) is 0. The average Bonchev–Trinajstić information content (AvgIpc) is 2.24. The first kappa shape index (κ1) is 12.6. The summed E-state index contributed by atoms with van der Waals surface area (Å²) < 4.78 is 0. The van der Waals surface area contributed by atoms with E-state index in [9.17, 15) is 5.11 Å². The Hall–Kier alpha value is -0.0800. The largest absolute Gasteiger partial charge is 0.388 e. The molecule has 0 spiro atoms. The summed E-state index contributed by atoms with van der Waals surface area (Å²) in [6.45, 7) is 2.95. The first-order chi connectivity index (χ1) is 9.06. The van der Waals surface area contributed by atoms with Gasteiger partial charge in [-0.15, -0.1) is 0 Å². The summed E-state index contributed by atoms with van der Waals surface area (Å²) >= 11 is 0. The van der Waals surface area contributed by atoms with Crippen molar-refractivity contribution in [2.24, 2.45) is 23.2 Å². The normalized spacial score (nSPS) is 48.0. The lowest BCUT2D eigenvalue weighted by Crippen LogP contribution is -2.61. The van der Waals surface area contributed by atoms with Gasteiger partial charge in [0.05, 0.1) is 5.60 Å². The summed E-state index contributed by atoms with van der Waals surface area (Å²) in [5.41, 5.74) is -0.239. The maximum atomic E-state index is 11.2. The molecule has 2 N–H and O–H groups in total. The Kier molecular flexibility index (Phi) is 2.80. The lowest BCUT2D eigenvalue weighted by molar-refractivity contribution is -0.169. The first-order valence-corrected chi connectivity index (χ1v) is 8.52. The minimum atomic E-state index is -0.487. The maximum absolute atomic E-state index is 11.2. The van der Waals surface area contributed by atoms with E-state index in [0.29, 0.717) is 6.04 Å². The molecule has 0 amide bonds. The summed E-state index contributed by atoms with van der Waals surface area (Å²) in [6.07, 6.45) is 12.3. The quantitative estimate of drug-likeness (QED) is 0.817. The second-order valence-corrected chi connectivity index (χ2v) is 8.48. The van der Waals surface area contributed by atoms with E-state index in [1.54, 1.807) is 0 Å². The molecule has 0 saturated heterocycles. The molecule has 5 aliphatic carbocycles. The topological polar surface area (TPSA) is 32.3 Å². The Balaban J connectivity index is 1.49. The molecule has 5 aliphatic rings. The van der Waals surface area contributed by atoms with Crippen LogP contribution >= 0.6 is 0 Å². The van der Waals surface area contributed by atoms with Gasteiger partial charge < -0.3 is 10.4 Å². The van der Waals surface area contributed by atoms with E-state index in [2.05, 4.69) is 12.2 Å². The second-order valence-electron chi connectivity index (χ2n) is 8.48. The van der Waals surface area contributed by atoms with E-state index in [-0.39, 0.29) is 5.41 Å². The van der Waals surface area contributed by atoms with E-state index in [0.717, 1.165) is 24.3 Å². The standard InChI is InChI=1S/C17H29NO/c1-16(19,11-18-15-3-2-4-15)17-8-12-5-13(9-17)7-14(6-12)10-17/h12-15,18-19H,2-11H2,1H3. The van der Waals surface area contributed by atoms with Gasteiger partial charge in [0.1, 0.15) is 0 Å². The Morgan fingerprint density at radius 2 is 1.58 bits per heavy atom. The molecular weight excluding hydrogens is 234 g/mol. The van der Waals surface area contributed by atoms with Crippen molar-refractivity contribution in [3.63, 3.8) is 0 Å². The molecule has 0 aliphatic heterocycles. The smallest absolute Gasteiger partial charge is 0.0799 e. The lowest BCUT2D eigenvalue weighted by atomic mass is 9.45. The van der Waals surface area contributed by atoms with Crippen LogP contribution in [0.2, 0.25) is 0 Å². The fraction of sp³-hybridized carbons (Fsp3) is 1.00. The van der Waals surface area contributed by atoms with Crippen LogP contribution in [0.4, 0.5) is 0 Å². The van der Waals surface area contributed by atoms with Crippen molar-refractivity contribution < 1.29 is 5.11 Å². The molecule has 1 atom stereocenters. The molecular formula is C17H29NO. The molecule has 2 nitrogen and oxygen atoms in total. The van der Waals surface area contributed by atoms with Gasteiger partial charge in [0.2, 0.25) is 0 Å². The van der Waals surface area contributed by atoms with E-state index in [4.69, 9.17) is 0 Å². The van der Waals surface area contributed by atoms with Crippen molar-refractivity contribution in [1.29, 1.82) is 0 Å². The van der Waals surface area contributed by atoms with Gasteiger partial charge in [-0.2, -0.15) is 0 Å². The lowest BCUT2D eigenvalue weighted by Gasteiger charge is -2.61. The van der Waals surface area contributed by atoms with Crippen LogP contribution in [0.5, 0.6) is 0 Å². The van der Waals surface area contributed by atoms with Crippen molar-refractivity contribution in [3.05, 3.63) is 0 Å². The highest BCUT2D eigenvalue weighted by atomic mass is 16.3. The molecule has 1 unspecified atom stereocenters. The monoisotopic (exact) mass is 263 g/mol. The summed E-state index contributed by atoms with van der Waals surface area (Å²) in [7, 11) is 0. The van der Waals surface area contributed by atoms with Crippen LogP contribution in [-0.4, -0.2) is 23.3 Å². The Morgan fingerprint density at radius 1 is 1.05 bits per heavy atom. The van der Waals surface area contributed by atoms with Crippen LogP contribution in [0.15, 0.2) is 0 Å². The maximum Gasteiger partial charge on any atom is 0.0799 e. The number of rotatable bonds is 4. The molecule has 19 heavy (non-hydrogen) atoms. The predicted octanol–water partition coefficient (Wildman–Crippen LogP) is 3.10. The fourth-order valence-electron chi connectivity index (χ4n) is 5.91. The highest BCUT2D eigenvalue weighted by molar-refractivity contribution is 5.09. The summed E-state index contributed by atoms with van der Waals surface area (Å²) in [5, 5.41) is 14.8. The molecule has 0 radical (unpaired) electrons. The summed E-state index contributed by atoms with van der Waals surface area (Å²) in [6, 6.07) is 0.695. The van der Waals surface area contributed by atoms with Crippen molar-refractivity contribution in [2.75, 3.05) is 6.54 Å². The zero-order chi connectivity index (χ0) is 13.1. The average molecular weight is 263 g/mol. The van der Waals surface area contributed by atoms with Gasteiger partial charge in [0.25, 0.3) is 0 Å². The Morgan fingerprint density at radius 3 is 2.00 bits per heavy atom. The third-order valence-electron chi connectivity index (χ3n) is 7.02. The summed E-state index contributed by atoms with van der Waals surface area (Å²) in [5.74, 6) is 2.80. The molecule has 0 aromatic rings. The number of hydrogen-bond acceptors (Lipinski definition) is 2. The third-order valence-corrected chi connectivity index (χ3v) is 7.02. The minimum absolute atomic E-state index is 0.249. The van der Waals surface area contributed by atoms with E-state index < -0.39 is 5.60 Å². The van der Waals surface area contributed by atoms with Gasteiger partial charge in [-0.3, -0.25) is 0 Å². The van der Waals surface area contributed by atoms with Crippen LogP contribution in [0, 0.1) is 23.2 Å². The molecule has 4 bridgehead atoms. The number of aliphatic hydroxyl groups is 1. The predicted molar refractivity (Wildman–Crippen MR) is 76.9 cm³/mol. The minimum Gasteiger partial charge on any atom is -0.388 e. The van der Waals surface area contributed by atoms with E-state index in [1.165, 1.54) is 57.8 Å². The van der Waals surface area contributed by atoms with Gasteiger partial charge in [-0.25, -0.2) is 0 Å². The molecule has 0 aromatic heterocycles. The van der Waals surface area contributed by atoms with Crippen LogP contribution in [0.3, 0.4) is 0 Å². The molecule has 2 heteroatoms. The van der Waals surface area contributed by atoms with Crippen LogP contribution < -0.4 is 5.32 Å². The van der Waals surface area contributed by atoms with E-state index in [1.807, 2.05) is 0 Å². The van der Waals surface area contributed by atoms with Gasteiger partial charge in [0.15, 0.2) is 0 Å². The van der Waals surface area contributed by atoms with Crippen LogP contribution in [-0.2, 0) is 0 Å². The number of nitrogens with one attached hydrogen (secondary N) is 1. The van der Waals surface area contributed by atoms with E-state index >= 15 is 0 Å². The molecule has 5 saturated carbocycles. The molecule has 0 aromatic carbocycles. The molecule has 108 valence electrons. The zero-order valence-corrected chi connectivity index (χ0v) is 12.3. The molecule has 5 rings (SSSR count). The van der Waals surface area contributed by atoms with Crippen molar-refractivity contribution in [1.82, 2.24) is 5.32 Å². The first-order valence-electron chi connectivity index (χ1n) is 8.52. The van der Waals surface area contributed by atoms with Crippen LogP contribution in [0.25, 0.3) is 0 Å². The van der Waals surface area contributed by atoms with Gasteiger partial charge in [-0.05, 0) is 76.0 Å². The number of hydrogen-bond donors (Lipinski definition) is 2. The fourth-order valence-corrected chi connectivity index (χ4v) is 5.91. The SMILES string of the molecule is CC(O)(CNC1CCC1)C12CC3CC(CC(C3)C1)C2. The highest BCUT2D eigenvalue weighted by Gasteiger charge is 2.58. The third kappa shape index (κ3) is 1.98. The van der Waals surface area contributed by atoms with Gasteiger partial charge in [0, 0.05) is 18.0 Å².